The Balaban J connectivity index is 0.000000411. The molecule has 0 unspecified atom stereocenters. The molecule has 98 valence electrons. The van der Waals surface area contributed by atoms with Crippen LogP contribution in [0.5, 0.6) is 0 Å². The first-order valence-corrected chi connectivity index (χ1v) is 5.05. The summed E-state index contributed by atoms with van der Waals surface area (Å²) in [5.41, 5.74) is 0.167. The molecule has 0 heterocycles. The standard InChI is InChI=1S/C8H6O4.C4H8O2/c9-7(10)5-1-2-6(4-3-5)8(11)12;1-3-4(5)6-2/h1-4H,(H,9,10)(H,11,12);3H2,1-2H3. The minimum absolute atomic E-state index is 0.0833. The lowest BCUT2D eigenvalue weighted by atomic mass is 10.1. The second-order valence-electron chi connectivity index (χ2n) is 3.12. The Kier molecular flexibility index (Phi) is 6.80. The van der Waals surface area contributed by atoms with Crippen molar-refractivity contribution in [3.63, 3.8) is 0 Å². The molecule has 0 bridgehead atoms. The fourth-order valence-electron chi connectivity index (χ4n) is 0.900. The van der Waals surface area contributed by atoms with Gasteiger partial charge in [-0.2, -0.15) is 0 Å². The third-order valence-electron chi connectivity index (χ3n) is 1.90. The number of rotatable bonds is 3. The van der Waals surface area contributed by atoms with E-state index >= 15 is 0 Å². The van der Waals surface area contributed by atoms with Crippen molar-refractivity contribution in [3.8, 4) is 0 Å². The van der Waals surface area contributed by atoms with Gasteiger partial charge in [-0.25, -0.2) is 9.59 Å². The van der Waals surface area contributed by atoms with Crippen molar-refractivity contribution < 1.29 is 29.3 Å². The molecule has 0 aliphatic rings. The molecule has 2 N–H and O–H groups in total. The molecule has 0 fully saturated rings. The van der Waals surface area contributed by atoms with E-state index in [1.807, 2.05) is 0 Å². The van der Waals surface area contributed by atoms with E-state index in [1.165, 1.54) is 31.4 Å². The summed E-state index contributed by atoms with van der Waals surface area (Å²) in [6.07, 6.45) is 0.469. The van der Waals surface area contributed by atoms with Crippen LogP contribution < -0.4 is 0 Å². The van der Waals surface area contributed by atoms with Gasteiger partial charge >= 0.3 is 17.9 Å². The molecule has 0 saturated carbocycles. The lowest BCUT2D eigenvalue weighted by molar-refractivity contribution is -0.140. The Hall–Kier alpha value is -2.37. The molecule has 18 heavy (non-hydrogen) atoms. The van der Waals surface area contributed by atoms with Crippen molar-refractivity contribution in [2.45, 2.75) is 13.3 Å². The van der Waals surface area contributed by atoms with E-state index in [9.17, 15) is 14.4 Å². The number of hydrogen-bond donors (Lipinski definition) is 2. The SMILES string of the molecule is CCC(=O)OC.O=C(O)c1ccc(C(=O)O)cc1. The first-order chi connectivity index (χ1) is 8.42. The summed E-state index contributed by atoms with van der Waals surface area (Å²) in [7, 11) is 1.38. The Labute approximate surface area is 104 Å². The smallest absolute Gasteiger partial charge is 0.335 e. The van der Waals surface area contributed by atoms with E-state index < -0.39 is 11.9 Å². The number of ether oxygens (including phenoxy) is 1. The van der Waals surface area contributed by atoms with Gasteiger partial charge in [0.05, 0.1) is 18.2 Å². The third kappa shape index (κ3) is 5.64. The van der Waals surface area contributed by atoms with E-state index in [2.05, 4.69) is 4.74 Å². The number of hydrogen-bond acceptors (Lipinski definition) is 4. The zero-order valence-corrected chi connectivity index (χ0v) is 10.0. The van der Waals surface area contributed by atoms with Gasteiger partial charge in [-0.3, -0.25) is 4.79 Å². The van der Waals surface area contributed by atoms with Crippen molar-refractivity contribution in [1.82, 2.24) is 0 Å². The quantitative estimate of drug-likeness (QED) is 0.795. The van der Waals surface area contributed by atoms with Crippen molar-refractivity contribution in [1.29, 1.82) is 0 Å². The summed E-state index contributed by atoms with van der Waals surface area (Å²) in [6, 6.07) is 5.02. The summed E-state index contributed by atoms with van der Waals surface area (Å²) in [4.78, 5) is 30.6. The predicted molar refractivity (Wildman–Crippen MR) is 62.7 cm³/mol. The maximum Gasteiger partial charge on any atom is 0.335 e. The van der Waals surface area contributed by atoms with Crippen LogP contribution in [-0.4, -0.2) is 35.2 Å². The highest BCUT2D eigenvalue weighted by molar-refractivity contribution is 5.91. The zero-order valence-electron chi connectivity index (χ0n) is 10.0. The Morgan fingerprint density at radius 3 is 1.44 bits per heavy atom. The maximum atomic E-state index is 10.3. The molecule has 1 aromatic carbocycles. The molecule has 6 heteroatoms. The highest BCUT2D eigenvalue weighted by Gasteiger charge is 2.04. The first kappa shape index (κ1) is 15.6. The number of carboxylic acid groups (broad SMARTS) is 2. The van der Waals surface area contributed by atoms with Gasteiger partial charge < -0.3 is 14.9 Å². The summed E-state index contributed by atoms with van der Waals surface area (Å²) in [5.74, 6) is -2.28. The molecule has 0 radical (unpaired) electrons. The minimum Gasteiger partial charge on any atom is -0.478 e. The van der Waals surface area contributed by atoms with Gasteiger partial charge in [-0.15, -0.1) is 0 Å². The van der Waals surface area contributed by atoms with Crippen LogP contribution in [0.4, 0.5) is 0 Å². The minimum atomic E-state index is -1.06. The van der Waals surface area contributed by atoms with Gasteiger partial charge in [-0.05, 0) is 24.3 Å². The van der Waals surface area contributed by atoms with Crippen LogP contribution in [-0.2, 0) is 9.53 Å². The average Bonchev–Trinajstić information content (AvgIpc) is 2.38. The lowest BCUT2D eigenvalue weighted by Crippen LogP contribution is -1.99. The van der Waals surface area contributed by atoms with Crippen LogP contribution in [0.15, 0.2) is 24.3 Å². The number of methoxy groups -OCH3 is 1. The molecule has 0 atom stereocenters. The van der Waals surface area contributed by atoms with Gasteiger partial charge in [0.25, 0.3) is 0 Å². The van der Waals surface area contributed by atoms with E-state index in [0.29, 0.717) is 6.42 Å². The molecule has 6 nitrogen and oxygen atoms in total. The van der Waals surface area contributed by atoms with Crippen LogP contribution in [0.1, 0.15) is 34.1 Å². The number of carbonyl (C=O) groups excluding carboxylic acids is 1. The normalized spacial score (nSPS) is 8.78. The van der Waals surface area contributed by atoms with Gasteiger partial charge in [0.1, 0.15) is 0 Å². The predicted octanol–water partition coefficient (Wildman–Crippen LogP) is 1.65. The van der Waals surface area contributed by atoms with E-state index in [1.54, 1.807) is 6.92 Å². The molecule has 0 aliphatic carbocycles. The average molecular weight is 254 g/mol. The zero-order chi connectivity index (χ0) is 14.1. The molecule has 1 aromatic rings. The number of aromatic carboxylic acids is 2. The Morgan fingerprint density at radius 1 is 1.00 bits per heavy atom. The second-order valence-corrected chi connectivity index (χ2v) is 3.12. The topological polar surface area (TPSA) is 101 Å². The van der Waals surface area contributed by atoms with Crippen LogP contribution in [0.2, 0.25) is 0 Å². The van der Waals surface area contributed by atoms with Gasteiger partial charge in [0.2, 0.25) is 0 Å². The van der Waals surface area contributed by atoms with E-state index in [4.69, 9.17) is 10.2 Å². The number of carbonyl (C=O) groups is 3. The van der Waals surface area contributed by atoms with Gasteiger partial charge in [-0.1, -0.05) is 6.92 Å². The van der Waals surface area contributed by atoms with Crippen LogP contribution in [0.25, 0.3) is 0 Å². The highest BCUT2D eigenvalue weighted by atomic mass is 16.5. The summed E-state index contributed by atoms with van der Waals surface area (Å²) < 4.78 is 4.26. The summed E-state index contributed by atoms with van der Waals surface area (Å²) in [5, 5.41) is 16.9. The van der Waals surface area contributed by atoms with E-state index in [-0.39, 0.29) is 17.1 Å². The van der Waals surface area contributed by atoms with Crippen LogP contribution >= 0.6 is 0 Å². The van der Waals surface area contributed by atoms with Crippen LogP contribution in [0, 0.1) is 0 Å². The van der Waals surface area contributed by atoms with E-state index in [0.717, 1.165) is 0 Å². The molecule has 0 aromatic heterocycles. The highest BCUT2D eigenvalue weighted by Crippen LogP contribution is 2.03. The van der Waals surface area contributed by atoms with Crippen molar-refractivity contribution in [3.05, 3.63) is 35.4 Å². The van der Waals surface area contributed by atoms with Gasteiger partial charge in [0, 0.05) is 6.42 Å². The molecule has 0 amide bonds. The lowest BCUT2D eigenvalue weighted by Gasteiger charge is -1.94. The monoisotopic (exact) mass is 254 g/mol. The van der Waals surface area contributed by atoms with Crippen LogP contribution in [0.3, 0.4) is 0 Å². The molecule has 1 rings (SSSR count). The molecule has 0 aliphatic heterocycles. The summed E-state index contributed by atoms with van der Waals surface area (Å²) in [6.45, 7) is 1.76. The fourth-order valence-corrected chi connectivity index (χ4v) is 0.900. The summed E-state index contributed by atoms with van der Waals surface area (Å²) >= 11 is 0. The number of benzene rings is 1. The van der Waals surface area contributed by atoms with Crippen molar-refractivity contribution >= 4 is 17.9 Å². The fraction of sp³-hybridized carbons (Fsp3) is 0.250. The number of esters is 1. The second kappa shape index (κ2) is 7.83. The largest absolute Gasteiger partial charge is 0.478 e. The maximum absolute atomic E-state index is 10.3. The van der Waals surface area contributed by atoms with Crippen molar-refractivity contribution in [2.24, 2.45) is 0 Å². The molecule has 0 spiro atoms. The Morgan fingerprint density at radius 2 is 1.33 bits per heavy atom. The molecular formula is C12H14O6. The molecular weight excluding hydrogens is 240 g/mol. The van der Waals surface area contributed by atoms with Gasteiger partial charge in [0.15, 0.2) is 0 Å². The Bertz CT molecular complexity index is 382. The number of carboxylic acids is 2. The molecule has 0 saturated heterocycles. The first-order valence-electron chi connectivity index (χ1n) is 5.05. The third-order valence-corrected chi connectivity index (χ3v) is 1.90. The van der Waals surface area contributed by atoms with Crippen molar-refractivity contribution in [2.75, 3.05) is 7.11 Å².